The maximum atomic E-state index is 12.2. The molecule has 1 unspecified atom stereocenters. The number of nitrogens with zero attached hydrogens (tertiary/aromatic N) is 2. The van der Waals surface area contributed by atoms with Crippen LogP contribution in [0.2, 0.25) is 0 Å². The number of aromatic nitrogens is 1. The minimum absolute atomic E-state index is 0.170. The average Bonchev–Trinajstić information content (AvgIpc) is 2.61. The summed E-state index contributed by atoms with van der Waals surface area (Å²) in [6.45, 7) is 0. The van der Waals surface area contributed by atoms with E-state index in [0.717, 1.165) is 5.56 Å². The van der Waals surface area contributed by atoms with Gasteiger partial charge in [0.15, 0.2) is 11.7 Å². The van der Waals surface area contributed by atoms with Crippen molar-refractivity contribution < 1.29 is 9.59 Å². The Morgan fingerprint density at radius 3 is 2.52 bits per heavy atom. The van der Waals surface area contributed by atoms with Gasteiger partial charge in [0.1, 0.15) is 0 Å². The smallest absolute Gasteiger partial charge is 0.251 e. The lowest BCUT2D eigenvalue weighted by atomic mass is 10.00. The Labute approximate surface area is 134 Å². The molecule has 23 heavy (non-hydrogen) atoms. The Morgan fingerprint density at radius 1 is 1.22 bits per heavy atom. The van der Waals surface area contributed by atoms with Crippen LogP contribution in [0.15, 0.2) is 54.7 Å². The summed E-state index contributed by atoms with van der Waals surface area (Å²) in [6, 6.07) is 13.9. The second kappa shape index (κ2) is 7.66. The van der Waals surface area contributed by atoms with E-state index in [-0.39, 0.29) is 11.7 Å². The molecule has 0 fully saturated rings. The lowest BCUT2D eigenvalue weighted by Crippen LogP contribution is -2.17. The molecule has 0 aliphatic carbocycles. The molecule has 1 aromatic heterocycles. The molecule has 0 radical (unpaired) electrons. The highest BCUT2D eigenvalue weighted by Gasteiger charge is 2.18. The van der Waals surface area contributed by atoms with Crippen LogP contribution in [-0.2, 0) is 4.79 Å². The molecule has 0 aliphatic heterocycles. The number of nitriles is 1. The molecule has 0 aliphatic rings. The number of carbonyl (C=O) groups excluding carboxylic acids is 2. The molecule has 2 aromatic rings. The highest BCUT2D eigenvalue weighted by atomic mass is 16.1. The number of benzene rings is 1. The van der Waals surface area contributed by atoms with Gasteiger partial charge in [-0.2, -0.15) is 5.26 Å². The van der Waals surface area contributed by atoms with Gasteiger partial charge in [0.25, 0.3) is 5.91 Å². The Balaban J connectivity index is 2.11. The Kier molecular flexibility index (Phi) is 5.37. The van der Waals surface area contributed by atoms with E-state index in [2.05, 4.69) is 10.3 Å². The Hall–Kier alpha value is -3.26. The third-order valence-corrected chi connectivity index (χ3v) is 3.24. The molecule has 5 nitrogen and oxygen atoms in total. The van der Waals surface area contributed by atoms with E-state index in [1.54, 1.807) is 61.8 Å². The third kappa shape index (κ3) is 4.11. The van der Waals surface area contributed by atoms with Crippen molar-refractivity contribution in [2.45, 2.75) is 5.92 Å². The number of rotatable bonds is 5. The lowest BCUT2D eigenvalue weighted by molar-refractivity contribution is -0.114. The minimum atomic E-state index is -0.919. The van der Waals surface area contributed by atoms with Gasteiger partial charge in [-0.1, -0.05) is 24.3 Å². The number of amides is 1. The summed E-state index contributed by atoms with van der Waals surface area (Å²) >= 11 is 0. The van der Waals surface area contributed by atoms with Crippen LogP contribution in [0.3, 0.4) is 0 Å². The molecule has 0 spiro atoms. The zero-order valence-corrected chi connectivity index (χ0v) is 12.6. The highest BCUT2D eigenvalue weighted by Crippen LogP contribution is 2.15. The summed E-state index contributed by atoms with van der Waals surface area (Å²) in [5, 5.41) is 11.7. The molecule has 0 saturated heterocycles. The van der Waals surface area contributed by atoms with Gasteiger partial charge in [-0.3, -0.25) is 14.6 Å². The molecular formula is C18H15N3O2. The highest BCUT2D eigenvalue weighted by molar-refractivity contribution is 6.00. The normalized spacial score (nSPS) is 11.7. The number of allylic oxidation sites excluding steroid dienone is 1. The van der Waals surface area contributed by atoms with Crippen molar-refractivity contribution in [2.24, 2.45) is 0 Å². The van der Waals surface area contributed by atoms with Crippen molar-refractivity contribution in [2.75, 3.05) is 7.05 Å². The van der Waals surface area contributed by atoms with E-state index in [9.17, 15) is 14.9 Å². The van der Waals surface area contributed by atoms with Crippen molar-refractivity contribution in [1.29, 1.82) is 5.26 Å². The fourth-order valence-corrected chi connectivity index (χ4v) is 1.99. The third-order valence-electron chi connectivity index (χ3n) is 3.24. The van der Waals surface area contributed by atoms with Gasteiger partial charge >= 0.3 is 0 Å². The zero-order valence-electron chi connectivity index (χ0n) is 12.6. The first-order valence-corrected chi connectivity index (χ1v) is 7.00. The number of pyridine rings is 1. The maximum Gasteiger partial charge on any atom is 0.251 e. The molecule has 1 heterocycles. The number of nitrogens with one attached hydrogen (secondary N) is 1. The number of carbonyl (C=O) groups is 2. The summed E-state index contributed by atoms with van der Waals surface area (Å²) in [6.07, 6.45) is 4.52. The fourth-order valence-electron chi connectivity index (χ4n) is 1.99. The van der Waals surface area contributed by atoms with Crippen molar-refractivity contribution >= 4 is 17.8 Å². The van der Waals surface area contributed by atoms with Gasteiger partial charge < -0.3 is 5.32 Å². The Bertz CT molecular complexity index is 759. The van der Waals surface area contributed by atoms with E-state index in [4.69, 9.17) is 0 Å². The van der Waals surface area contributed by atoms with Crippen LogP contribution < -0.4 is 5.32 Å². The first kappa shape index (κ1) is 16.1. The quantitative estimate of drug-likeness (QED) is 0.859. The summed E-state index contributed by atoms with van der Waals surface area (Å²) in [5.41, 5.74) is 1.74. The standard InChI is InChI=1S/C18H15N3O2/c1-20-18(23)14-8-5-13(6-9-14)7-10-17(22)15(12-19)16-4-2-3-11-21-16/h2-11,15H,1H3,(H,20,23). The predicted molar refractivity (Wildman–Crippen MR) is 86.5 cm³/mol. The van der Waals surface area contributed by atoms with Crippen LogP contribution in [0.4, 0.5) is 0 Å². The van der Waals surface area contributed by atoms with Crippen molar-refractivity contribution in [1.82, 2.24) is 10.3 Å². The van der Waals surface area contributed by atoms with Gasteiger partial charge in [-0.15, -0.1) is 0 Å². The molecule has 0 bridgehead atoms. The summed E-state index contributed by atoms with van der Waals surface area (Å²) in [5.74, 6) is -1.42. The second-order valence-corrected chi connectivity index (χ2v) is 4.75. The monoisotopic (exact) mass is 305 g/mol. The van der Waals surface area contributed by atoms with Crippen LogP contribution >= 0.6 is 0 Å². The molecule has 1 atom stereocenters. The van der Waals surface area contributed by atoms with Gasteiger partial charge in [-0.25, -0.2) is 0 Å². The minimum Gasteiger partial charge on any atom is -0.355 e. The second-order valence-electron chi connectivity index (χ2n) is 4.75. The molecule has 1 N–H and O–H groups in total. The Morgan fingerprint density at radius 2 is 1.96 bits per heavy atom. The fraction of sp³-hybridized carbons (Fsp3) is 0.111. The van der Waals surface area contributed by atoms with Crippen LogP contribution in [0.25, 0.3) is 6.08 Å². The van der Waals surface area contributed by atoms with Gasteiger partial charge in [0.05, 0.1) is 11.8 Å². The molecule has 114 valence electrons. The van der Waals surface area contributed by atoms with E-state index < -0.39 is 5.92 Å². The van der Waals surface area contributed by atoms with Gasteiger partial charge in [0.2, 0.25) is 0 Å². The zero-order chi connectivity index (χ0) is 16.7. The first-order chi connectivity index (χ1) is 11.2. The maximum absolute atomic E-state index is 12.2. The van der Waals surface area contributed by atoms with Gasteiger partial charge in [0, 0.05) is 18.8 Å². The molecule has 5 heteroatoms. The lowest BCUT2D eigenvalue weighted by Gasteiger charge is -2.04. The topological polar surface area (TPSA) is 82.9 Å². The van der Waals surface area contributed by atoms with Gasteiger partial charge in [-0.05, 0) is 35.9 Å². The molecule has 1 amide bonds. The largest absolute Gasteiger partial charge is 0.355 e. The van der Waals surface area contributed by atoms with Crippen molar-refractivity contribution in [3.05, 3.63) is 71.6 Å². The van der Waals surface area contributed by atoms with E-state index >= 15 is 0 Å². The number of hydrogen-bond acceptors (Lipinski definition) is 4. The number of hydrogen-bond donors (Lipinski definition) is 1. The SMILES string of the molecule is CNC(=O)c1ccc(C=CC(=O)C(C#N)c2ccccn2)cc1. The molecule has 1 aromatic carbocycles. The van der Waals surface area contributed by atoms with Crippen molar-refractivity contribution in [3.63, 3.8) is 0 Å². The van der Waals surface area contributed by atoms with Crippen LogP contribution in [-0.4, -0.2) is 23.7 Å². The first-order valence-electron chi connectivity index (χ1n) is 7.00. The molecule has 0 saturated carbocycles. The van der Waals surface area contributed by atoms with Crippen molar-refractivity contribution in [3.8, 4) is 6.07 Å². The van der Waals surface area contributed by atoms with E-state index in [1.165, 1.54) is 6.08 Å². The summed E-state index contributed by atoms with van der Waals surface area (Å²) < 4.78 is 0. The van der Waals surface area contributed by atoms with E-state index in [1.807, 2.05) is 6.07 Å². The molecular weight excluding hydrogens is 290 g/mol. The summed E-state index contributed by atoms with van der Waals surface area (Å²) in [7, 11) is 1.56. The van der Waals surface area contributed by atoms with Crippen LogP contribution in [0.1, 0.15) is 27.5 Å². The predicted octanol–water partition coefficient (Wildman–Crippen LogP) is 2.33. The van der Waals surface area contributed by atoms with Crippen LogP contribution in [0.5, 0.6) is 0 Å². The van der Waals surface area contributed by atoms with Crippen LogP contribution in [0, 0.1) is 11.3 Å². The summed E-state index contributed by atoms with van der Waals surface area (Å²) in [4.78, 5) is 27.7. The van der Waals surface area contributed by atoms with E-state index in [0.29, 0.717) is 11.3 Å². The molecule has 2 rings (SSSR count). The number of ketones is 1. The average molecular weight is 305 g/mol.